The van der Waals surface area contributed by atoms with E-state index in [1.54, 1.807) is 14.2 Å². The van der Waals surface area contributed by atoms with E-state index in [1.165, 1.54) is 6.42 Å². The molecule has 0 atom stereocenters. The number of carbonyl (C=O) groups is 2. The summed E-state index contributed by atoms with van der Waals surface area (Å²) in [6.07, 6.45) is 8.72. The van der Waals surface area contributed by atoms with Crippen LogP contribution in [0.3, 0.4) is 0 Å². The first-order chi connectivity index (χ1) is 13.0. The van der Waals surface area contributed by atoms with Gasteiger partial charge in [-0.05, 0) is 25.3 Å². The summed E-state index contributed by atoms with van der Waals surface area (Å²) in [5.74, 6) is -0.762. The van der Waals surface area contributed by atoms with Gasteiger partial charge in [0.15, 0.2) is 0 Å². The molecule has 2 N–H and O–H groups in total. The SMILES string of the molecule is C/C=C(\C=C/CC)COC(=O)CCCOC(=O)CN.CC.CCC.COC. The van der Waals surface area contributed by atoms with Crippen LogP contribution in [-0.2, 0) is 23.8 Å². The number of allylic oxidation sites excluding steroid dienone is 2. The van der Waals surface area contributed by atoms with Gasteiger partial charge in [-0.15, -0.1) is 0 Å². The lowest BCUT2D eigenvalue weighted by molar-refractivity contribution is -0.146. The van der Waals surface area contributed by atoms with Crippen molar-refractivity contribution in [1.29, 1.82) is 0 Å². The zero-order valence-corrected chi connectivity index (χ0v) is 18.8. The summed E-state index contributed by atoms with van der Waals surface area (Å²) in [4.78, 5) is 22.1. The molecule has 0 saturated carbocycles. The van der Waals surface area contributed by atoms with Gasteiger partial charge in [-0.2, -0.15) is 0 Å². The van der Waals surface area contributed by atoms with Gasteiger partial charge in [0, 0.05) is 20.6 Å². The summed E-state index contributed by atoms with van der Waals surface area (Å²) >= 11 is 0. The van der Waals surface area contributed by atoms with E-state index in [9.17, 15) is 9.59 Å². The monoisotopic (exact) mass is 389 g/mol. The lowest BCUT2D eigenvalue weighted by atomic mass is 10.2. The van der Waals surface area contributed by atoms with Crippen LogP contribution < -0.4 is 5.73 Å². The molecule has 0 aromatic carbocycles. The molecule has 0 spiro atoms. The molecule has 6 heteroatoms. The quantitative estimate of drug-likeness (QED) is 0.356. The second-order valence-corrected chi connectivity index (χ2v) is 4.98. The molecule has 0 amide bonds. The van der Waals surface area contributed by atoms with Crippen LogP contribution in [-0.4, -0.2) is 45.9 Å². The molecule has 0 aromatic rings. The molecule has 0 heterocycles. The van der Waals surface area contributed by atoms with Crippen LogP contribution in [0.2, 0.25) is 0 Å². The summed E-state index contributed by atoms with van der Waals surface area (Å²) in [6.45, 7) is 12.5. The maximum atomic E-state index is 11.4. The molecular formula is C21H43NO5. The van der Waals surface area contributed by atoms with E-state index in [0.717, 1.165) is 12.0 Å². The zero-order chi connectivity index (χ0) is 21.9. The van der Waals surface area contributed by atoms with E-state index >= 15 is 0 Å². The van der Waals surface area contributed by atoms with Crippen molar-refractivity contribution >= 4 is 11.9 Å². The van der Waals surface area contributed by atoms with E-state index in [4.69, 9.17) is 15.2 Å². The van der Waals surface area contributed by atoms with Crippen molar-refractivity contribution in [3.8, 4) is 0 Å². The third-order valence-corrected chi connectivity index (χ3v) is 2.29. The Bertz CT molecular complexity index is 364. The van der Waals surface area contributed by atoms with E-state index in [1.807, 2.05) is 45.9 Å². The Hall–Kier alpha value is -1.66. The van der Waals surface area contributed by atoms with Gasteiger partial charge in [-0.25, -0.2) is 0 Å². The van der Waals surface area contributed by atoms with Gasteiger partial charge in [0.25, 0.3) is 0 Å². The van der Waals surface area contributed by atoms with E-state index in [2.05, 4.69) is 18.6 Å². The predicted octanol–water partition coefficient (Wildman–Crippen LogP) is 4.43. The average molecular weight is 390 g/mol. The van der Waals surface area contributed by atoms with Gasteiger partial charge >= 0.3 is 11.9 Å². The molecule has 0 aromatic heterocycles. The molecule has 0 radical (unpaired) electrons. The average Bonchev–Trinajstić information content (AvgIpc) is 2.68. The summed E-state index contributed by atoms with van der Waals surface area (Å²) in [7, 11) is 3.25. The first kappa shape index (κ1) is 33.0. The molecule has 0 saturated heterocycles. The largest absolute Gasteiger partial charge is 0.465 e. The number of esters is 2. The van der Waals surface area contributed by atoms with Crippen LogP contribution >= 0.6 is 0 Å². The third-order valence-electron chi connectivity index (χ3n) is 2.29. The Kier molecular flexibility index (Phi) is 39.1. The van der Waals surface area contributed by atoms with Crippen molar-refractivity contribution in [2.75, 3.05) is 34.0 Å². The number of hydrogen-bond donors (Lipinski definition) is 1. The number of nitrogens with two attached hydrogens (primary N) is 1. The molecular weight excluding hydrogens is 346 g/mol. The first-order valence-electron chi connectivity index (χ1n) is 9.70. The minimum Gasteiger partial charge on any atom is -0.465 e. The number of carbonyl (C=O) groups excluding carboxylic acids is 2. The number of ether oxygens (including phenoxy) is 3. The standard InChI is InChI=1S/C14H23NO4.C3H8.C2H6O.C2H6/c1-3-5-7-12(4-2)11-19-13(16)8-6-9-18-14(17)10-15;2*1-3-2;1-2/h4-5,7H,3,6,8-11,15H2,1-2H3;3H2,1-2H3;1-2H3;1-2H3/b7-5-,12-4+;;;. The fourth-order valence-corrected chi connectivity index (χ4v) is 1.19. The second-order valence-electron chi connectivity index (χ2n) is 4.98. The molecule has 6 nitrogen and oxygen atoms in total. The third kappa shape index (κ3) is 36.1. The molecule has 0 aliphatic heterocycles. The molecule has 0 aliphatic carbocycles. The number of rotatable bonds is 9. The van der Waals surface area contributed by atoms with Crippen LogP contribution in [0, 0.1) is 0 Å². The minimum absolute atomic E-state index is 0.140. The summed E-state index contributed by atoms with van der Waals surface area (Å²) < 4.78 is 14.1. The normalized spacial score (nSPS) is 9.74. The van der Waals surface area contributed by atoms with Crippen LogP contribution in [0.15, 0.2) is 23.8 Å². The molecule has 0 fully saturated rings. The molecule has 0 aliphatic rings. The van der Waals surface area contributed by atoms with Crippen molar-refractivity contribution in [3.05, 3.63) is 23.8 Å². The maximum Gasteiger partial charge on any atom is 0.319 e. The Balaban J connectivity index is -0.000000283. The number of methoxy groups -OCH3 is 1. The van der Waals surface area contributed by atoms with Gasteiger partial charge in [-0.3, -0.25) is 9.59 Å². The Morgan fingerprint density at radius 3 is 1.93 bits per heavy atom. The van der Waals surface area contributed by atoms with Crippen LogP contribution in [0.5, 0.6) is 0 Å². The van der Waals surface area contributed by atoms with Crippen molar-refractivity contribution in [1.82, 2.24) is 0 Å². The summed E-state index contributed by atoms with van der Waals surface area (Å²) in [6, 6.07) is 0. The highest BCUT2D eigenvalue weighted by Crippen LogP contribution is 2.02. The van der Waals surface area contributed by atoms with Gasteiger partial charge in [0.2, 0.25) is 0 Å². The minimum atomic E-state index is -0.464. The van der Waals surface area contributed by atoms with Crippen LogP contribution in [0.1, 0.15) is 67.2 Å². The zero-order valence-electron chi connectivity index (χ0n) is 18.8. The molecule has 162 valence electrons. The Morgan fingerprint density at radius 2 is 1.52 bits per heavy atom. The van der Waals surface area contributed by atoms with Gasteiger partial charge < -0.3 is 19.9 Å². The van der Waals surface area contributed by atoms with Crippen LogP contribution in [0.4, 0.5) is 0 Å². The lowest BCUT2D eigenvalue weighted by Gasteiger charge is -2.06. The van der Waals surface area contributed by atoms with Crippen LogP contribution in [0.25, 0.3) is 0 Å². The highest BCUT2D eigenvalue weighted by atomic mass is 16.5. The van der Waals surface area contributed by atoms with Crippen molar-refractivity contribution in [2.45, 2.75) is 67.2 Å². The fourth-order valence-electron chi connectivity index (χ4n) is 1.19. The fraction of sp³-hybridized carbons (Fsp3) is 0.714. The first-order valence-corrected chi connectivity index (χ1v) is 9.70. The smallest absolute Gasteiger partial charge is 0.319 e. The predicted molar refractivity (Wildman–Crippen MR) is 114 cm³/mol. The van der Waals surface area contributed by atoms with E-state index < -0.39 is 5.97 Å². The summed E-state index contributed by atoms with van der Waals surface area (Å²) in [5, 5.41) is 0. The van der Waals surface area contributed by atoms with Gasteiger partial charge in [0.1, 0.15) is 6.61 Å². The molecule has 0 rings (SSSR count). The maximum absolute atomic E-state index is 11.4. The van der Waals surface area contributed by atoms with Crippen molar-refractivity contribution in [3.63, 3.8) is 0 Å². The van der Waals surface area contributed by atoms with Crippen molar-refractivity contribution in [2.24, 2.45) is 5.73 Å². The Morgan fingerprint density at radius 1 is 1.00 bits per heavy atom. The van der Waals surface area contributed by atoms with E-state index in [-0.39, 0.29) is 32.1 Å². The van der Waals surface area contributed by atoms with Gasteiger partial charge in [-0.1, -0.05) is 59.3 Å². The lowest BCUT2D eigenvalue weighted by Crippen LogP contribution is -2.17. The molecule has 0 bridgehead atoms. The second kappa shape index (κ2) is 32.0. The number of hydrogen-bond acceptors (Lipinski definition) is 6. The van der Waals surface area contributed by atoms with Gasteiger partial charge in [0.05, 0.1) is 13.2 Å². The van der Waals surface area contributed by atoms with E-state index in [0.29, 0.717) is 6.42 Å². The highest BCUT2D eigenvalue weighted by Gasteiger charge is 2.05. The Labute approximate surface area is 167 Å². The topological polar surface area (TPSA) is 87.9 Å². The van der Waals surface area contributed by atoms with Crippen molar-refractivity contribution < 1.29 is 23.8 Å². The molecule has 0 unspecified atom stereocenters. The summed E-state index contributed by atoms with van der Waals surface area (Å²) in [5.41, 5.74) is 6.03. The molecule has 27 heavy (non-hydrogen) atoms. The highest BCUT2D eigenvalue weighted by molar-refractivity contribution is 5.71.